The number of hydrogen-bond acceptors (Lipinski definition) is 5. The molecule has 0 unspecified atom stereocenters. The van der Waals surface area contributed by atoms with Gasteiger partial charge in [0.25, 0.3) is 0 Å². The molecule has 2 fully saturated rings. The maximum Gasteiger partial charge on any atom is 0.224 e. The Kier molecular flexibility index (Phi) is 5.95. The third-order valence-corrected chi connectivity index (χ3v) is 6.85. The predicted molar refractivity (Wildman–Crippen MR) is 121 cm³/mol. The quantitative estimate of drug-likeness (QED) is 0.645. The highest BCUT2D eigenvalue weighted by atomic mass is 16.5. The van der Waals surface area contributed by atoms with Crippen molar-refractivity contribution in [2.75, 3.05) is 26.3 Å². The van der Waals surface area contributed by atoms with Gasteiger partial charge >= 0.3 is 0 Å². The third-order valence-electron chi connectivity index (χ3n) is 6.85. The molecule has 32 heavy (non-hydrogen) atoms. The number of pyridine rings is 1. The van der Waals surface area contributed by atoms with Gasteiger partial charge in [0, 0.05) is 51.2 Å². The Morgan fingerprint density at radius 2 is 1.94 bits per heavy atom. The maximum atomic E-state index is 13.2. The van der Waals surface area contributed by atoms with Crippen molar-refractivity contribution >= 4 is 11.6 Å². The second-order valence-electron chi connectivity index (χ2n) is 8.91. The van der Waals surface area contributed by atoms with Crippen molar-refractivity contribution in [1.82, 2.24) is 19.6 Å². The lowest BCUT2D eigenvalue weighted by molar-refractivity contribution is -0.134. The van der Waals surface area contributed by atoms with Crippen molar-refractivity contribution in [3.63, 3.8) is 0 Å². The largest absolute Gasteiger partial charge is 0.389 e. The average molecular weight is 435 g/mol. The molecule has 7 nitrogen and oxygen atoms in total. The Hall–Kier alpha value is -2.74. The van der Waals surface area contributed by atoms with Crippen LogP contribution in [-0.2, 0) is 21.6 Å². The van der Waals surface area contributed by atoms with E-state index < -0.39 is 11.6 Å². The number of ether oxygens (including phenoxy) is 1. The number of carbonyl (C=O) groups is 1. The van der Waals surface area contributed by atoms with E-state index >= 15 is 0 Å². The summed E-state index contributed by atoms with van der Waals surface area (Å²) in [4.78, 5) is 20.1. The lowest BCUT2D eigenvalue weighted by Crippen LogP contribution is -2.62. The number of rotatable bonds is 5. The van der Waals surface area contributed by atoms with Crippen LogP contribution in [0.25, 0.3) is 5.65 Å². The van der Waals surface area contributed by atoms with Gasteiger partial charge in [-0.3, -0.25) is 9.69 Å². The Labute approximate surface area is 188 Å². The number of piperidine rings is 1. The third kappa shape index (κ3) is 4.16. The molecule has 2 aromatic heterocycles. The van der Waals surface area contributed by atoms with Crippen LogP contribution < -0.4 is 5.32 Å². The van der Waals surface area contributed by atoms with Gasteiger partial charge in [-0.05, 0) is 37.0 Å². The number of β-amino-alcohol motifs (C(OH)–C–C–N with tert-alkyl or cyclic N) is 1. The number of aliphatic hydroxyl groups is 1. The van der Waals surface area contributed by atoms with E-state index in [9.17, 15) is 9.90 Å². The summed E-state index contributed by atoms with van der Waals surface area (Å²) in [6.45, 7) is 3.12. The summed E-state index contributed by atoms with van der Waals surface area (Å²) in [6, 6.07) is 15.9. The van der Waals surface area contributed by atoms with Gasteiger partial charge in [0.15, 0.2) is 0 Å². The van der Waals surface area contributed by atoms with Crippen molar-refractivity contribution in [2.24, 2.45) is 5.92 Å². The summed E-state index contributed by atoms with van der Waals surface area (Å²) in [6.07, 6.45) is 5.40. The van der Waals surface area contributed by atoms with Crippen molar-refractivity contribution in [3.05, 3.63) is 72.2 Å². The number of amides is 1. The Bertz CT molecular complexity index is 1030. The zero-order valence-electron chi connectivity index (χ0n) is 18.2. The van der Waals surface area contributed by atoms with E-state index in [2.05, 4.69) is 10.2 Å². The molecule has 2 saturated heterocycles. The number of nitrogens with one attached hydrogen (secondary N) is 1. The predicted octanol–water partition coefficient (Wildman–Crippen LogP) is 2.34. The lowest BCUT2D eigenvalue weighted by atomic mass is 9.78. The van der Waals surface area contributed by atoms with Gasteiger partial charge in [-0.15, -0.1) is 0 Å². The van der Waals surface area contributed by atoms with E-state index in [4.69, 9.17) is 9.72 Å². The standard InChI is InChI=1S/C25H30N4O3/c30-22-18-28(16-21-17-29-12-5-4-8-23(29)26-21)13-11-25(22,20-6-2-1-3-7-20)27-24(31)19-9-14-32-15-10-19/h1-8,12,17,19,22,30H,9-11,13-16,18H2,(H,27,31)/t22-,25+/m1/s1. The van der Waals surface area contributed by atoms with Crippen molar-refractivity contribution < 1.29 is 14.6 Å². The molecule has 0 spiro atoms. The first-order valence-corrected chi connectivity index (χ1v) is 11.4. The fraction of sp³-hybridized carbons (Fsp3) is 0.440. The first kappa shape index (κ1) is 21.1. The molecule has 0 saturated carbocycles. The summed E-state index contributed by atoms with van der Waals surface area (Å²) in [5.41, 5.74) is 2.07. The molecule has 2 atom stereocenters. The molecule has 0 radical (unpaired) electrons. The minimum absolute atomic E-state index is 0.0185. The average Bonchev–Trinajstić information content (AvgIpc) is 3.24. The topological polar surface area (TPSA) is 79.1 Å². The number of aliphatic hydroxyl groups excluding tert-OH is 1. The second-order valence-corrected chi connectivity index (χ2v) is 8.91. The minimum Gasteiger partial charge on any atom is -0.389 e. The molecule has 2 aliphatic heterocycles. The van der Waals surface area contributed by atoms with Crippen molar-refractivity contribution in [2.45, 2.75) is 37.5 Å². The molecular weight excluding hydrogens is 404 g/mol. The Morgan fingerprint density at radius 3 is 2.69 bits per heavy atom. The number of nitrogens with zero attached hydrogens (tertiary/aromatic N) is 3. The zero-order chi connectivity index (χ0) is 22.0. The van der Waals surface area contributed by atoms with Crippen LogP contribution in [0.15, 0.2) is 60.9 Å². The summed E-state index contributed by atoms with van der Waals surface area (Å²) in [5, 5.41) is 14.7. The van der Waals surface area contributed by atoms with Crippen LogP contribution in [0.5, 0.6) is 0 Å². The highest BCUT2D eigenvalue weighted by molar-refractivity contribution is 5.80. The summed E-state index contributed by atoms with van der Waals surface area (Å²) < 4.78 is 7.43. The van der Waals surface area contributed by atoms with E-state index in [1.165, 1.54) is 0 Å². The first-order valence-electron chi connectivity index (χ1n) is 11.4. The smallest absolute Gasteiger partial charge is 0.224 e. The van der Waals surface area contributed by atoms with Crippen LogP contribution in [-0.4, -0.2) is 57.7 Å². The second kappa shape index (κ2) is 9.02. The van der Waals surface area contributed by atoms with Gasteiger partial charge in [-0.25, -0.2) is 4.98 Å². The Balaban J connectivity index is 1.34. The first-order chi connectivity index (χ1) is 15.6. The number of hydrogen-bond donors (Lipinski definition) is 2. The molecule has 3 aromatic rings. The number of likely N-dealkylation sites (tertiary alicyclic amines) is 1. The molecule has 2 aliphatic rings. The van der Waals surface area contributed by atoms with Gasteiger partial charge < -0.3 is 19.6 Å². The van der Waals surface area contributed by atoms with E-state index in [-0.39, 0.29) is 11.8 Å². The fourth-order valence-electron chi connectivity index (χ4n) is 5.00. The molecule has 1 amide bonds. The summed E-state index contributed by atoms with van der Waals surface area (Å²) >= 11 is 0. The molecule has 0 aliphatic carbocycles. The normalized spacial score (nSPS) is 25.1. The SMILES string of the molecule is O=C(N[C@]1(c2ccccc2)CCN(Cc2cn3ccccc3n2)C[C@H]1O)C1CCOCC1. The lowest BCUT2D eigenvalue weighted by Gasteiger charge is -2.47. The van der Waals surface area contributed by atoms with Crippen LogP contribution >= 0.6 is 0 Å². The number of fused-ring (bicyclic) bond motifs is 1. The fourth-order valence-corrected chi connectivity index (χ4v) is 5.00. The van der Waals surface area contributed by atoms with Crippen molar-refractivity contribution in [3.8, 4) is 0 Å². The molecule has 2 N–H and O–H groups in total. The molecular formula is C25H30N4O3. The molecule has 7 heteroatoms. The molecule has 0 bridgehead atoms. The van der Waals surface area contributed by atoms with Gasteiger partial charge in [0.2, 0.25) is 5.91 Å². The van der Waals surface area contributed by atoms with Crippen LogP contribution in [0.2, 0.25) is 0 Å². The van der Waals surface area contributed by atoms with Gasteiger partial charge in [-0.1, -0.05) is 36.4 Å². The van der Waals surface area contributed by atoms with E-state index in [0.717, 1.165) is 36.3 Å². The molecule has 1 aromatic carbocycles. The number of aromatic nitrogens is 2. The molecule has 168 valence electrons. The van der Waals surface area contributed by atoms with Crippen LogP contribution in [0.1, 0.15) is 30.5 Å². The highest BCUT2D eigenvalue weighted by Gasteiger charge is 2.45. The summed E-state index contributed by atoms with van der Waals surface area (Å²) in [5.74, 6) is -0.0439. The van der Waals surface area contributed by atoms with Gasteiger partial charge in [0.05, 0.1) is 17.3 Å². The van der Waals surface area contributed by atoms with Gasteiger partial charge in [0.1, 0.15) is 5.65 Å². The Morgan fingerprint density at radius 1 is 1.16 bits per heavy atom. The summed E-state index contributed by atoms with van der Waals surface area (Å²) in [7, 11) is 0. The number of benzene rings is 1. The monoisotopic (exact) mass is 434 g/mol. The van der Waals surface area contributed by atoms with E-state index in [0.29, 0.717) is 32.7 Å². The van der Waals surface area contributed by atoms with E-state index in [1.807, 2.05) is 65.3 Å². The minimum atomic E-state index is -0.786. The number of imidazole rings is 1. The van der Waals surface area contributed by atoms with Crippen LogP contribution in [0.4, 0.5) is 0 Å². The van der Waals surface area contributed by atoms with Crippen molar-refractivity contribution in [1.29, 1.82) is 0 Å². The number of carbonyl (C=O) groups excluding carboxylic acids is 1. The maximum absolute atomic E-state index is 13.2. The van der Waals surface area contributed by atoms with Crippen LogP contribution in [0.3, 0.4) is 0 Å². The van der Waals surface area contributed by atoms with Gasteiger partial charge in [-0.2, -0.15) is 0 Å². The molecule has 4 heterocycles. The van der Waals surface area contributed by atoms with E-state index in [1.54, 1.807) is 0 Å². The zero-order valence-corrected chi connectivity index (χ0v) is 18.2. The molecule has 5 rings (SSSR count). The highest BCUT2D eigenvalue weighted by Crippen LogP contribution is 2.35. The van der Waals surface area contributed by atoms with Crippen LogP contribution in [0, 0.1) is 5.92 Å².